The van der Waals surface area contributed by atoms with Gasteiger partial charge in [-0.15, -0.1) is 0 Å². The molecule has 0 rings (SSSR count). The van der Waals surface area contributed by atoms with Crippen LogP contribution in [-0.2, 0) is 14.3 Å². The molecular formula is C9H18O4. The standard InChI is InChI=1S/C5H8O2.C4H10O2/c1-3-5(6)7-4-2;1-2-6-4-3-5/h3H,1,4H2,2H3;5H,2-4H2,1H3. The first-order chi connectivity index (χ1) is 6.22. The average Bonchev–Trinajstić information content (AvgIpc) is 2.16. The fourth-order valence-electron chi connectivity index (χ4n) is 0.410. The second kappa shape index (κ2) is 13.7. The molecule has 0 spiro atoms. The number of esters is 1. The first-order valence-electron chi connectivity index (χ1n) is 4.20. The third-order valence-electron chi connectivity index (χ3n) is 0.893. The van der Waals surface area contributed by atoms with E-state index in [2.05, 4.69) is 11.3 Å². The molecule has 13 heavy (non-hydrogen) atoms. The lowest BCUT2D eigenvalue weighted by Crippen LogP contribution is -1.97. The van der Waals surface area contributed by atoms with E-state index >= 15 is 0 Å². The van der Waals surface area contributed by atoms with E-state index in [0.717, 1.165) is 6.08 Å². The van der Waals surface area contributed by atoms with Gasteiger partial charge in [-0.3, -0.25) is 0 Å². The molecule has 0 unspecified atom stereocenters. The van der Waals surface area contributed by atoms with Gasteiger partial charge in [0.05, 0.1) is 19.8 Å². The van der Waals surface area contributed by atoms with Gasteiger partial charge in [-0.1, -0.05) is 6.58 Å². The van der Waals surface area contributed by atoms with Crippen molar-refractivity contribution in [2.45, 2.75) is 13.8 Å². The first kappa shape index (κ1) is 14.6. The topological polar surface area (TPSA) is 55.8 Å². The van der Waals surface area contributed by atoms with Gasteiger partial charge in [0, 0.05) is 12.7 Å². The number of ether oxygens (including phenoxy) is 2. The molecule has 0 amide bonds. The highest BCUT2D eigenvalue weighted by Gasteiger charge is 1.86. The zero-order valence-electron chi connectivity index (χ0n) is 8.28. The van der Waals surface area contributed by atoms with Crippen LogP contribution in [0.2, 0.25) is 0 Å². The summed E-state index contributed by atoms with van der Waals surface area (Å²) in [6.07, 6.45) is 1.14. The maximum Gasteiger partial charge on any atom is 0.330 e. The molecule has 0 aliphatic rings. The Hall–Kier alpha value is -0.870. The van der Waals surface area contributed by atoms with Crippen molar-refractivity contribution >= 4 is 5.97 Å². The molecule has 0 aliphatic heterocycles. The van der Waals surface area contributed by atoms with Crippen LogP contribution in [-0.4, -0.2) is 37.5 Å². The van der Waals surface area contributed by atoms with E-state index in [4.69, 9.17) is 9.84 Å². The van der Waals surface area contributed by atoms with Crippen LogP contribution in [0.25, 0.3) is 0 Å². The average molecular weight is 190 g/mol. The van der Waals surface area contributed by atoms with E-state index in [1.807, 2.05) is 6.92 Å². The van der Waals surface area contributed by atoms with Crippen LogP contribution in [0.15, 0.2) is 12.7 Å². The lowest BCUT2D eigenvalue weighted by molar-refractivity contribution is -0.137. The van der Waals surface area contributed by atoms with Crippen molar-refractivity contribution in [1.82, 2.24) is 0 Å². The molecule has 4 nitrogen and oxygen atoms in total. The quantitative estimate of drug-likeness (QED) is 0.395. The Morgan fingerprint density at radius 1 is 1.46 bits per heavy atom. The lowest BCUT2D eigenvalue weighted by atomic mass is 10.6. The summed E-state index contributed by atoms with van der Waals surface area (Å²) in [5.41, 5.74) is 0. The summed E-state index contributed by atoms with van der Waals surface area (Å²) in [6, 6.07) is 0. The summed E-state index contributed by atoms with van der Waals surface area (Å²) in [5, 5.41) is 8.07. The molecular weight excluding hydrogens is 172 g/mol. The molecule has 0 aromatic heterocycles. The Morgan fingerprint density at radius 2 is 2.08 bits per heavy atom. The molecule has 0 aromatic rings. The highest BCUT2D eigenvalue weighted by Crippen LogP contribution is 1.74. The van der Waals surface area contributed by atoms with Crippen molar-refractivity contribution in [3.05, 3.63) is 12.7 Å². The number of aliphatic hydroxyl groups is 1. The summed E-state index contributed by atoms with van der Waals surface area (Å²) in [4.78, 5) is 10.1. The van der Waals surface area contributed by atoms with Gasteiger partial charge in [-0.2, -0.15) is 0 Å². The fraction of sp³-hybridized carbons (Fsp3) is 0.667. The van der Waals surface area contributed by atoms with Gasteiger partial charge in [0.15, 0.2) is 0 Å². The Labute approximate surface area is 79.2 Å². The predicted octanol–water partition coefficient (Wildman–Crippen LogP) is 0.751. The van der Waals surface area contributed by atoms with Gasteiger partial charge >= 0.3 is 5.97 Å². The summed E-state index contributed by atoms with van der Waals surface area (Å²) >= 11 is 0. The third-order valence-corrected chi connectivity index (χ3v) is 0.893. The van der Waals surface area contributed by atoms with Crippen molar-refractivity contribution in [2.75, 3.05) is 26.4 Å². The number of aliphatic hydroxyl groups excluding tert-OH is 1. The zero-order chi connectivity index (χ0) is 10.5. The summed E-state index contributed by atoms with van der Waals surface area (Å²) in [5.74, 6) is -0.359. The Bertz CT molecular complexity index is 119. The molecule has 78 valence electrons. The maximum absolute atomic E-state index is 10.1. The summed E-state index contributed by atoms with van der Waals surface area (Å²) in [6.45, 7) is 8.57. The normalized spacial score (nSPS) is 8.23. The summed E-state index contributed by atoms with van der Waals surface area (Å²) in [7, 11) is 0. The number of rotatable bonds is 5. The van der Waals surface area contributed by atoms with Crippen molar-refractivity contribution in [3.63, 3.8) is 0 Å². The Kier molecular flexibility index (Phi) is 15.4. The second-order valence-corrected chi connectivity index (χ2v) is 1.88. The molecule has 0 fully saturated rings. The zero-order valence-corrected chi connectivity index (χ0v) is 8.28. The first-order valence-corrected chi connectivity index (χ1v) is 4.20. The minimum absolute atomic E-state index is 0.133. The molecule has 0 aromatic carbocycles. The smallest absolute Gasteiger partial charge is 0.330 e. The van der Waals surface area contributed by atoms with Crippen molar-refractivity contribution < 1.29 is 19.4 Å². The van der Waals surface area contributed by atoms with Gasteiger partial charge < -0.3 is 14.6 Å². The van der Waals surface area contributed by atoms with Gasteiger partial charge in [0.2, 0.25) is 0 Å². The van der Waals surface area contributed by atoms with Gasteiger partial charge in [-0.25, -0.2) is 4.79 Å². The van der Waals surface area contributed by atoms with Crippen LogP contribution in [0, 0.1) is 0 Å². The van der Waals surface area contributed by atoms with Crippen molar-refractivity contribution in [3.8, 4) is 0 Å². The van der Waals surface area contributed by atoms with Gasteiger partial charge in [0.25, 0.3) is 0 Å². The second-order valence-electron chi connectivity index (χ2n) is 1.88. The highest BCUT2D eigenvalue weighted by molar-refractivity contribution is 5.81. The fourth-order valence-corrected chi connectivity index (χ4v) is 0.410. The Morgan fingerprint density at radius 3 is 2.23 bits per heavy atom. The molecule has 0 aliphatic carbocycles. The maximum atomic E-state index is 10.1. The molecule has 0 saturated carbocycles. The largest absolute Gasteiger partial charge is 0.463 e. The molecule has 0 radical (unpaired) electrons. The van der Waals surface area contributed by atoms with Crippen LogP contribution in [0.4, 0.5) is 0 Å². The van der Waals surface area contributed by atoms with E-state index in [1.54, 1.807) is 6.92 Å². The third kappa shape index (κ3) is 18.2. The molecule has 0 atom stereocenters. The van der Waals surface area contributed by atoms with E-state index in [0.29, 0.717) is 19.8 Å². The monoisotopic (exact) mass is 190 g/mol. The van der Waals surface area contributed by atoms with E-state index in [1.165, 1.54) is 0 Å². The van der Waals surface area contributed by atoms with Crippen LogP contribution >= 0.6 is 0 Å². The number of carbonyl (C=O) groups is 1. The number of carbonyl (C=O) groups excluding carboxylic acids is 1. The van der Waals surface area contributed by atoms with Gasteiger partial charge in [-0.05, 0) is 13.8 Å². The molecule has 0 heterocycles. The lowest BCUT2D eigenvalue weighted by Gasteiger charge is -1.91. The summed E-state index contributed by atoms with van der Waals surface area (Å²) < 4.78 is 9.17. The Balaban J connectivity index is 0. The molecule has 0 bridgehead atoms. The van der Waals surface area contributed by atoms with Crippen LogP contribution < -0.4 is 0 Å². The molecule has 0 saturated heterocycles. The molecule has 4 heteroatoms. The minimum atomic E-state index is -0.359. The van der Waals surface area contributed by atoms with E-state index < -0.39 is 0 Å². The molecule has 1 N–H and O–H groups in total. The van der Waals surface area contributed by atoms with Gasteiger partial charge in [0.1, 0.15) is 0 Å². The van der Waals surface area contributed by atoms with Crippen molar-refractivity contribution in [1.29, 1.82) is 0 Å². The SMILES string of the molecule is C=CC(=O)OCC.CCOCCO. The van der Waals surface area contributed by atoms with Crippen LogP contribution in [0.1, 0.15) is 13.8 Å². The van der Waals surface area contributed by atoms with Crippen molar-refractivity contribution in [2.24, 2.45) is 0 Å². The number of hydrogen-bond acceptors (Lipinski definition) is 4. The van der Waals surface area contributed by atoms with E-state index in [9.17, 15) is 4.79 Å². The highest BCUT2D eigenvalue weighted by atomic mass is 16.5. The minimum Gasteiger partial charge on any atom is -0.463 e. The predicted molar refractivity (Wildman–Crippen MR) is 50.4 cm³/mol. The van der Waals surface area contributed by atoms with Crippen LogP contribution in [0.5, 0.6) is 0 Å². The van der Waals surface area contributed by atoms with E-state index in [-0.39, 0.29) is 12.6 Å². The van der Waals surface area contributed by atoms with Crippen LogP contribution in [0.3, 0.4) is 0 Å². The number of hydrogen-bond donors (Lipinski definition) is 1.